The maximum absolute atomic E-state index is 13.3. The maximum Gasteiger partial charge on any atom is 0.462 e. The first-order valence-electron chi connectivity index (χ1n) is 4.91. The van der Waals surface area contributed by atoms with Crippen LogP contribution < -0.4 is 0 Å². The van der Waals surface area contributed by atoms with Gasteiger partial charge in [0, 0.05) is 13.0 Å². The van der Waals surface area contributed by atoms with E-state index in [-0.39, 0.29) is 0 Å². The van der Waals surface area contributed by atoms with E-state index in [9.17, 15) is 48.3 Å². The number of hydrogen-bond donors (Lipinski definition) is 1. The van der Waals surface area contributed by atoms with E-state index in [1.165, 1.54) is 0 Å². The molecule has 0 bridgehead atoms. The van der Waals surface area contributed by atoms with Crippen molar-refractivity contribution >= 4 is 0 Å². The molecule has 0 heterocycles. The second kappa shape index (κ2) is 5.74. The maximum atomic E-state index is 13.3. The lowest BCUT2D eigenvalue weighted by Crippen LogP contribution is -2.59. The van der Waals surface area contributed by atoms with E-state index in [0.29, 0.717) is 0 Å². The number of alkyl halides is 11. The van der Waals surface area contributed by atoms with Crippen molar-refractivity contribution in [1.82, 2.24) is 0 Å². The molecule has 128 valence electrons. The summed E-state index contributed by atoms with van der Waals surface area (Å²) < 4.78 is 137. The molecular formula is C8H7F11O2. The normalized spacial score (nSPS) is 17.7. The summed E-state index contributed by atoms with van der Waals surface area (Å²) in [5, 5.41) is 8.18. The predicted molar refractivity (Wildman–Crippen MR) is 43.2 cm³/mol. The van der Waals surface area contributed by atoms with Gasteiger partial charge in [0.15, 0.2) is 0 Å². The highest BCUT2D eigenvalue weighted by atomic mass is 19.4. The number of halogens is 11. The first-order valence-corrected chi connectivity index (χ1v) is 4.91. The molecule has 2 nitrogen and oxygen atoms in total. The lowest BCUT2D eigenvalue weighted by molar-refractivity contribution is -0.483. The minimum atomic E-state index is -7.05. The van der Waals surface area contributed by atoms with Crippen molar-refractivity contribution in [2.45, 2.75) is 43.1 Å². The zero-order valence-corrected chi connectivity index (χ0v) is 9.63. The summed E-state index contributed by atoms with van der Waals surface area (Å²) in [7, 11) is 0. The first-order chi connectivity index (χ1) is 9.02. The molecule has 0 aromatic carbocycles. The molecule has 0 saturated carbocycles. The lowest BCUT2D eigenvalue weighted by atomic mass is 10.1. The smallest absolute Gasteiger partial charge is 0.396 e. The second-order valence-electron chi connectivity index (χ2n) is 3.74. The van der Waals surface area contributed by atoms with Gasteiger partial charge in [-0.15, -0.1) is 0 Å². The van der Waals surface area contributed by atoms with Crippen molar-refractivity contribution in [3.8, 4) is 0 Å². The molecule has 21 heavy (non-hydrogen) atoms. The van der Waals surface area contributed by atoms with Gasteiger partial charge in [-0.25, -0.2) is 4.39 Å². The van der Waals surface area contributed by atoms with Gasteiger partial charge in [-0.05, 0) is 6.42 Å². The van der Waals surface area contributed by atoms with Crippen LogP contribution in [-0.2, 0) is 4.74 Å². The summed E-state index contributed by atoms with van der Waals surface area (Å²) in [6.45, 7) is -1.17. The minimum absolute atomic E-state index is 1.17. The summed E-state index contributed by atoms with van der Waals surface area (Å²) in [6.07, 6.45) is -23.4. The number of hydrogen-bond acceptors (Lipinski definition) is 2. The number of rotatable bonds is 6. The molecule has 0 aliphatic heterocycles. The third kappa shape index (κ3) is 4.08. The van der Waals surface area contributed by atoms with Crippen molar-refractivity contribution in [2.75, 3.05) is 6.61 Å². The van der Waals surface area contributed by atoms with Gasteiger partial charge in [-0.1, -0.05) is 0 Å². The Morgan fingerprint density at radius 3 is 1.43 bits per heavy atom. The second-order valence-corrected chi connectivity index (χ2v) is 3.74. The van der Waals surface area contributed by atoms with Crippen LogP contribution in [0.1, 0.15) is 12.8 Å². The Hall–Kier alpha value is -0.850. The third-order valence-corrected chi connectivity index (χ3v) is 2.09. The Morgan fingerprint density at radius 1 is 0.714 bits per heavy atom. The molecular weight excluding hydrogens is 337 g/mol. The highest BCUT2D eigenvalue weighted by Crippen LogP contribution is 2.51. The van der Waals surface area contributed by atoms with Crippen LogP contribution in [0.15, 0.2) is 0 Å². The van der Waals surface area contributed by atoms with E-state index < -0.39 is 49.7 Å². The standard InChI is InChI=1S/C8H7F11O2/c9-4(2-1-3-20,6(12,13)14)21-8(18,19)5(10,11)7(15,16)17/h20H,1-3H2. The minimum Gasteiger partial charge on any atom is -0.396 e. The Morgan fingerprint density at radius 2 is 1.14 bits per heavy atom. The number of ether oxygens (including phenoxy) is 1. The third-order valence-electron chi connectivity index (χ3n) is 2.09. The molecule has 0 aliphatic carbocycles. The van der Waals surface area contributed by atoms with E-state index in [0.717, 1.165) is 0 Å². The summed E-state index contributed by atoms with van der Waals surface area (Å²) >= 11 is 0. The highest BCUT2D eigenvalue weighted by Gasteiger charge is 2.78. The monoisotopic (exact) mass is 344 g/mol. The van der Waals surface area contributed by atoms with Crippen LogP contribution in [-0.4, -0.2) is 42.0 Å². The average molecular weight is 344 g/mol. The molecule has 0 aromatic heterocycles. The SMILES string of the molecule is OCCCC(F)(OC(F)(F)C(F)(F)C(F)(F)F)C(F)(F)F. The van der Waals surface area contributed by atoms with Crippen LogP contribution in [0.4, 0.5) is 48.3 Å². The number of aliphatic hydroxyl groups is 1. The molecule has 1 unspecified atom stereocenters. The zero-order valence-electron chi connectivity index (χ0n) is 9.63. The van der Waals surface area contributed by atoms with Crippen LogP contribution in [0.5, 0.6) is 0 Å². The van der Waals surface area contributed by atoms with Crippen molar-refractivity contribution in [2.24, 2.45) is 0 Å². The summed E-state index contributed by atoms with van der Waals surface area (Å²) in [4.78, 5) is 0. The fraction of sp³-hybridized carbons (Fsp3) is 1.00. The van der Waals surface area contributed by atoms with E-state index in [1.54, 1.807) is 0 Å². The van der Waals surface area contributed by atoms with Crippen LogP contribution >= 0.6 is 0 Å². The van der Waals surface area contributed by atoms with Gasteiger partial charge in [-0.3, -0.25) is 4.74 Å². The van der Waals surface area contributed by atoms with Gasteiger partial charge in [0.2, 0.25) is 0 Å². The van der Waals surface area contributed by atoms with Crippen molar-refractivity contribution < 1.29 is 58.1 Å². The summed E-state index contributed by atoms with van der Waals surface area (Å²) in [5.41, 5.74) is 0. The summed E-state index contributed by atoms with van der Waals surface area (Å²) in [5.74, 6) is -12.5. The lowest BCUT2D eigenvalue weighted by Gasteiger charge is -2.35. The van der Waals surface area contributed by atoms with Crippen molar-refractivity contribution in [1.29, 1.82) is 0 Å². The van der Waals surface area contributed by atoms with Crippen LogP contribution in [0, 0.1) is 0 Å². The van der Waals surface area contributed by atoms with Gasteiger partial charge in [0.05, 0.1) is 0 Å². The van der Waals surface area contributed by atoms with Crippen LogP contribution in [0.25, 0.3) is 0 Å². The Kier molecular flexibility index (Phi) is 5.51. The average Bonchev–Trinajstić information content (AvgIpc) is 2.22. The fourth-order valence-corrected chi connectivity index (χ4v) is 0.989. The Balaban J connectivity index is 5.53. The van der Waals surface area contributed by atoms with E-state index in [1.807, 2.05) is 0 Å². The molecule has 13 heteroatoms. The van der Waals surface area contributed by atoms with Gasteiger partial charge >= 0.3 is 30.2 Å². The van der Waals surface area contributed by atoms with Gasteiger partial charge in [0.1, 0.15) is 0 Å². The van der Waals surface area contributed by atoms with Crippen LogP contribution in [0.2, 0.25) is 0 Å². The van der Waals surface area contributed by atoms with Gasteiger partial charge in [-0.2, -0.15) is 43.9 Å². The topological polar surface area (TPSA) is 29.5 Å². The molecule has 0 aromatic rings. The zero-order chi connectivity index (χ0) is 17.3. The van der Waals surface area contributed by atoms with Gasteiger partial charge in [0.25, 0.3) is 0 Å². The predicted octanol–water partition coefficient (Wildman–Crippen LogP) is 3.79. The fourth-order valence-electron chi connectivity index (χ4n) is 0.989. The van der Waals surface area contributed by atoms with E-state index in [2.05, 4.69) is 4.74 Å². The Labute approximate surface area is 109 Å². The Bertz CT molecular complexity index is 347. The number of aliphatic hydroxyl groups excluding tert-OH is 1. The molecule has 1 N–H and O–H groups in total. The first kappa shape index (κ1) is 20.1. The molecule has 0 radical (unpaired) electrons. The molecule has 0 rings (SSSR count). The summed E-state index contributed by atoms with van der Waals surface area (Å²) in [6, 6.07) is 0. The van der Waals surface area contributed by atoms with Crippen molar-refractivity contribution in [3.63, 3.8) is 0 Å². The molecule has 0 amide bonds. The molecule has 0 saturated heterocycles. The molecule has 0 aliphatic rings. The molecule has 1 atom stereocenters. The largest absolute Gasteiger partial charge is 0.462 e. The van der Waals surface area contributed by atoms with Gasteiger partial charge < -0.3 is 5.11 Å². The van der Waals surface area contributed by atoms with Crippen molar-refractivity contribution in [3.05, 3.63) is 0 Å². The van der Waals surface area contributed by atoms with Crippen LogP contribution in [0.3, 0.4) is 0 Å². The van der Waals surface area contributed by atoms with E-state index >= 15 is 0 Å². The highest BCUT2D eigenvalue weighted by molar-refractivity contribution is 4.89. The molecule has 0 spiro atoms. The van der Waals surface area contributed by atoms with E-state index in [4.69, 9.17) is 5.11 Å². The molecule has 0 fully saturated rings. The quantitative estimate of drug-likeness (QED) is 0.743.